The molecular formula is C20H31N3O7S. The topological polar surface area (TPSA) is 140 Å². The second-order valence-electron chi connectivity index (χ2n) is 8.70. The summed E-state index contributed by atoms with van der Waals surface area (Å²) in [6, 6.07) is 7.49. The molecule has 0 aliphatic carbocycles. The molecule has 0 aliphatic heterocycles. The van der Waals surface area contributed by atoms with Crippen LogP contribution in [0, 0.1) is 0 Å². The van der Waals surface area contributed by atoms with Crippen LogP contribution in [0.25, 0.3) is 0 Å². The standard InChI is InChI=1S/C20H31N3O7S/c1-19(2,3)29-17(25)12-15(23-31(27,28)14-10-8-7-9-11-14)22-16(24)13-21-18(26)30-20(4,5)6/h7-11,15,23H,12-13H2,1-6H3,(H,21,26)(H,22,24)/t15-/m0/s1. The van der Waals surface area contributed by atoms with E-state index in [4.69, 9.17) is 9.47 Å². The van der Waals surface area contributed by atoms with E-state index in [-0.39, 0.29) is 4.90 Å². The quantitative estimate of drug-likeness (QED) is 0.398. The molecule has 0 bridgehead atoms. The highest BCUT2D eigenvalue weighted by Gasteiger charge is 2.26. The highest BCUT2D eigenvalue weighted by molar-refractivity contribution is 7.89. The van der Waals surface area contributed by atoms with Crippen LogP contribution in [0.1, 0.15) is 48.0 Å². The van der Waals surface area contributed by atoms with Crippen LogP contribution in [0.2, 0.25) is 0 Å². The SMILES string of the molecule is CC(C)(C)OC(=O)C[C@@H](NC(=O)CNC(=O)OC(C)(C)C)NS(=O)(=O)c1ccccc1. The minimum atomic E-state index is -4.03. The molecule has 3 N–H and O–H groups in total. The summed E-state index contributed by atoms with van der Waals surface area (Å²) in [7, 11) is -4.03. The van der Waals surface area contributed by atoms with Crippen LogP contribution >= 0.6 is 0 Å². The van der Waals surface area contributed by atoms with Crippen molar-refractivity contribution in [1.82, 2.24) is 15.4 Å². The number of hydrogen-bond donors (Lipinski definition) is 3. The van der Waals surface area contributed by atoms with E-state index >= 15 is 0 Å². The van der Waals surface area contributed by atoms with Gasteiger partial charge in [-0.15, -0.1) is 0 Å². The highest BCUT2D eigenvalue weighted by atomic mass is 32.2. The molecule has 0 saturated carbocycles. The lowest BCUT2D eigenvalue weighted by Crippen LogP contribution is -2.52. The van der Waals surface area contributed by atoms with E-state index in [0.29, 0.717) is 0 Å². The van der Waals surface area contributed by atoms with E-state index in [0.717, 1.165) is 0 Å². The molecule has 2 amide bonds. The van der Waals surface area contributed by atoms with Gasteiger partial charge in [-0.2, -0.15) is 4.72 Å². The molecule has 0 saturated heterocycles. The third kappa shape index (κ3) is 11.3. The second-order valence-corrected chi connectivity index (χ2v) is 10.4. The minimum Gasteiger partial charge on any atom is -0.460 e. The molecule has 174 valence electrons. The van der Waals surface area contributed by atoms with Crippen molar-refractivity contribution in [1.29, 1.82) is 0 Å². The number of sulfonamides is 1. The van der Waals surface area contributed by atoms with E-state index in [9.17, 15) is 22.8 Å². The Bertz CT molecular complexity index is 872. The van der Waals surface area contributed by atoms with Gasteiger partial charge in [0.2, 0.25) is 15.9 Å². The Morgan fingerprint density at radius 1 is 0.935 bits per heavy atom. The Morgan fingerprint density at radius 3 is 2.00 bits per heavy atom. The van der Waals surface area contributed by atoms with Gasteiger partial charge in [-0.1, -0.05) is 18.2 Å². The van der Waals surface area contributed by atoms with Gasteiger partial charge in [0.25, 0.3) is 0 Å². The summed E-state index contributed by atoms with van der Waals surface area (Å²) in [4.78, 5) is 36.1. The first kappa shape index (κ1) is 26.4. The summed E-state index contributed by atoms with van der Waals surface area (Å²) >= 11 is 0. The van der Waals surface area contributed by atoms with Gasteiger partial charge in [0.15, 0.2) is 0 Å². The van der Waals surface area contributed by atoms with Crippen LogP contribution in [0.3, 0.4) is 0 Å². The predicted octanol–water partition coefficient (Wildman–Crippen LogP) is 1.66. The van der Waals surface area contributed by atoms with Gasteiger partial charge in [0, 0.05) is 0 Å². The predicted molar refractivity (Wildman–Crippen MR) is 113 cm³/mol. The van der Waals surface area contributed by atoms with Crippen molar-refractivity contribution in [2.24, 2.45) is 0 Å². The Hall–Kier alpha value is -2.66. The maximum absolute atomic E-state index is 12.6. The lowest BCUT2D eigenvalue weighted by molar-refractivity contribution is -0.155. The monoisotopic (exact) mass is 457 g/mol. The summed E-state index contributed by atoms with van der Waals surface area (Å²) in [6.45, 7) is 9.52. The van der Waals surface area contributed by atoms with Crippen LogP contribution in [-0.2, 0) is 29.1 Å². The van der Waals surface area contributed by atoms with Gasteiger partial charge in [0.1, 0.15) is 23.9 Å². The largest absolute Gasteiger partial charge is 0.460 e. The lowest BCUT2D eigenvalue weighted by Gasteiger charge is -2.24. The van der Waals surface area contributed by atoms with Gasteiger partial charge < -0.3 is 20.1 Å². The fourth-order valence-electron chi connectivity index (χ4n) is 2.24. The molecule has 0 spiro atoms. The number of alkyl carbamates (subject to hydrolysis) is 1. The summed E-state index contributed by atoms with van der Waals surface area (Å²) < 4.78 is 37.7. The summed E-state index contributed by atoms with van der Waals surface area (Å²) in [5.41, 5.74) is -1.53. The third-order valence-corrected chi connectivity index (χ3v) is 4.76. The van der Waals surface area contributed by atoms with Crippen LogP contribution in [0.4, 0.5) is 4.79 Å². The number of carbonyl (C=O) groups is 3. The molecule has 31 heavy (non-hydrogen) atoms. The Kier molecular flexibility index (Phi) is 9.00. The average molecular weight is 458 g/mol. The fraction of sp³-hybridized carbons (Fsp3) is 0.550. The van der Waals surface area contributed by atoms with Gasteiger partial charge in [-0.05, 0) is 53.7 Å². The zero-order valence-corrected chi connectivity index (χ0v) is 19.5. The smallest absolute Gasteiger partial charge is 0.408 e. The molecule has 0 fully saturated rings. The first-order valence-corrected chi connectivity index (χ1v) is 11.1. The van der Waals surface area contributed by atoms with Crippen molar-refractivity contribution in [3.05, 3.63) is 30.3 Å². The van der Waals surface area contributed by atoms with Crippen molar-refractivity contribution in [2.75, 3.05) is 6.54 Å². The molecule has 1 atom stereocenters. The maximum atomic E-state index is 12.6. The number of hydrogen-bond acceptors (Lipinski definition) is 7. The molecule has 0 aromatic heterocycles. The number of ether oxygens (including phenoxy) is 2. The van der Waals surface area contributed by atoms with Crippen LogP contribution in [0.15, 0.2) is 35.2 Å². The number of benzene rings is 1. The summed E-state index contributed by atoms with van der Waals surface area (Å²) in [6.07, 6.45) is -2.56. The van der Waals surface area contributed by atoms with E-state index in [1.165, 1.54) is 12.1 Å². The molecule has 0 unspecified atom stereocenters. The first-order chi connectivity index (χ1) is 14.1. The molecule has 11 heteroatoms. The van der Waals surface area contributed by atoms with Crippen molar-refractivity contribution in [2.45, 2.75) is 70.2 Å². The van der Waals surface area contributed by atoms with Crippen LogP contribution < -0.4 is 15.4 Å². The van der Waals surface area contributed by atoms with Gasteiger partial charge >= 0.3 is 12.1 Å². The molecule has 1 rings (SSSR count). The zero-order chi connectivity index (χ0) is 23.9. The van der Waals surface area contributed by atoms with Crippen molar-refractivity contribution < 1.29 is 32.3 Å². The first-order valence-electron chi connectivity index (χ1n) is 9.63. The number of esters is 1. The minimum absolute atomic E-state index is 0.0367. The normalized spacial score (nSPS) is 13.1. The van der Waals surface area contributed by atoms with Crippen LogP contribution in [-0.4, -0.2) is 50.3 Å². The second kappa shape index (κ2) is 10.6. The molecule has 1 aromatic carbocycles. The molecule has 0 aliphatic rings. The zero-order valence-electron chi connectivity index (χ0n) is 18.6. The molecule has 0 heterocycles. The van der Waals surface area contributed by atoms with Gasteiger partial charge in [-0.25, -0.2) is 13.2 Å². The van der Waals surface area contributed by atoms with E-state index in [1.807, 2.05) is 0 Å². The number of amides is 2. The van der Waals surface area contributed by atoms with Crippen molar-refractivity contribution in [3.63, 3.8) is 0 Å². The lowest BCUT2D eigenvalue weighted by atomic mass is 10.2. The Labute approximate surface area is 183 Å². The number of carbonyl (C=O) groups excluding carboxylic acids is 3. The van der Waals surface area contributed by atoms with Gasteiger partial charge in [-0.3, -0.25) is 9.59 Å². The van der Waals surface area contributed by atoms with Crippen molar-refractivity contribution in [3.8, 4) is 0 Å². The summed E-state index contributed by atoms with van der Waals surface area (Å²) in [5, 5.41) is 4.64. The molecule has 1 aromatic rings. The average Bonchev–Trinajstić information content (AvgIpc) is 2.57. The maximum Gasteiger partial charge on any atom is 0.408 e. The third-order valence-electron chi connectivity index (χ3n) is 3.27. The molecular weight excluding hydrogens is 426 g/mol. The summed E-state index contributed by atoms with van der Waals surface area (Å²) in [5.74, 6) is -1.44. The van der Waals surface area contributed by atoms with E-state index < -0.39 is 58.3 Å². The van der Waals surface area contributed by atoms with Crippen molar-refractivity contribution >= 4 is 28.0 Å². The fourth-order valence-corrected chi connectivity index (χ4v) is 3.41. The molecule has 0 radical (unpaired) electrons. The van der Waals surface area contributed by atoms with E-state index in [1.54, 1.807) is 59.7 Å². The Balaban J connectivity index is 2.86. The number of nitrogens with one attached hydrogen (secondary N) is 3. The highest BCUT2D eigenvalue weighted by Crippen LogP contribution is 2.12. The van der Waals surface area contributed by atoms with Gasteiger partial charge in [0.05, 0.1) is 11.3 Å². The number of rotatable bonds is 8. The van der Waals surface area contributed by atoms with Crippen LogP contribution in [0.5, 0.6) is 0 Å². The molecule has 10 nitrogen and oxygen atoms in total. The Morgan fingerprint density at radius 2 is 1.48 bits per heavy atom. The van der Waals surface area contributed by atoms with E-state index in [2.05, 4.69) is 15.4 Å².